The fraction of sp³-hybridized carbons (Fsp3) is 0.588. The van der Waals surface area contributed by atoms with Crippen molar-refractivity contribution in [3.63, 3.8) is 0 Å². The summed E-state index contributed by atoms with van der Waals surface area (Å²) in [7, 11) is 0. The number of halogens is 1. The van der Waals surface area contributed by atoms with Crippen molar-refractivity contribution >= 4 is 41.3 Å². The average molecular weight is 493 g/mol. The maximum atomic E-state index is 10.6. The van der Waals surface area contributed by atoms with Crippen LogP contribution in [0.25, 0.3) is 0 Å². The highest BCUT2D eigenvalue weighted by Gasteiger charge is 2.24. The Balaban J connectivity index is 0.00000338. The Morgan fingerprint density at radius 1 is 1.42 bits per heavy atom. The zero-order valence-electron chi connectivity index (χ0n) is 15.7. The maximum Gasteiger partial charge on any atom is 0.228 e. The molecule has 0 radical (unpaired) electrons. The van der Waals surface area contributed by atoms with Gasteiger partial charge in [-0.05, 0) is 25.3 Å². The number of aliphatic imine (C=N–C) groups is 1. The molecular formula is C17H28IN5O2S. The Kier molecular flexibility index (Phi) is 9.51. The van der Waals surface area contributed by atoms with Crippen LogP contribution in [0.15, 0.2) is 27.0 Å². The molecular weight excluding hydrogens is 465 g/mol. The lowest BCUT2D eigenvalue weighted by Crippen LogP contribution is -2.39. The zero-order chi connectivity index (χ0) is 18.3. The Hall–Kier alpha value is -1.20. The van der Waals surface area contributed by atoms with Crippen LogP contribution in [0.1, 0.15) is 50.2 Å². The largest absolute Gasteiger partial charge is 0.383 e. The van der Waals surface area contributed by atoms with E-state index in [1.165, 1.54) is 11.3 Å². The van der Waals surface area contributed by atoms with Gasteiger partial charge in [0, 0.05) is 30.3 Å². The predicted molar refractivity (Wildman–Crippen MR) is 115 cm³/mol. The van der Waals surface area contributed by atoms with Crippen molar-refractivity contribution in [3.8, 4) is 0 Å². The molecule has 146 valence electrons. The standard InChI is InChI=1S/C17H27N5O2S.HI/c1-5-18-16(20-11-17(4,23)13-7-6-10-25-13)19-9-8-14-21-15(12(2)3)22-24-14;/h6-7,10,12,23H,5,8-9,11H2,1-4H3,(H2,18,19,20);1H. The van der Waals surface area contributed by atoms with Crippen molar-refractivity contribution in [2.24, 2.45) is 4.99 Å². The lowest BCUT2D eigenvalue weighted by molar-refractivity contribution is 0.0711. The van der Waals surface area contributed by atoms with Crippen molar-refractivity contribution in [1.29, 1.82) is 0 Å². The summed E-state index contributed by atoms with van der Waals surface area (Å²) in [6.07, 6.45) is 0.617. The molecule has 7 nitrogen and oxygen atoms in total. The number of guanidine groups is 1. The third-order valence-corrected chi connectivity index (χ3v) is 4.70. The molecule has 0 amide bonds. The van der Waals surface area contributed by atoms with E-state index in [4.69, 9.17) is 4.52 Å². The summed E-state index contributed by atoms with van der Waals surface area (Å²) in [6.45, 7) is 9.47. The molecule has 0 spiro atoms. The third kappa shape index (κ3) is 6.84. The zero-order valence-corrected chi connectivity index (χ0v) is 18.8. The van der Waals surface area contributed by atoms with Gasteiger partial charge < -0.3 is 20.3 Å². The van der Waals surface area contributed by atoms with Crippen LogP contribution in [0, 0.1) is 0 Å². The van der Waals surface area contributed by atoms with Crippen LogP contribution in [0.3, 0.4) is 0 Å². The molecule has 9 heteroatoms. The topological polar surface area (TPSA) is 95.6 Å². The van der Waals surface area contributed by atoms with Gasteiger partial charge in [0.2, 0.25) is 5.89 Å². The van der Waals surface area contributed by atoms with Crippen molar-refractivity contribution in [2.75, 3.05) is 19.6 Å². The average Bonchev–Trinajstić information content (AvgIpc) is 3.24. The van der Waals surface area contributed by atoms with Crippen LogP contribution in [-0.2, 0) is 12.0 Å². The van der Waals surface area contributed by atoms with Gasteiger partial charge in [-0.2, -0.15) is 4.98 Å². The summed E-state index contributed by atoms with van der Waals surface area (Å²) in [5, 5.41) is 22.9. The highest BCUT2D eigenvalue weighted by atomic mass is 127. The van der Waals surface area contributed by atoms with Crippen LogP contribution in [0.4, 0.5) is 0 Å². The number of nitrogens with one attached hydrogen (secondary N) is 2. The molecule has 2 aromatic rings. The van der Waals surface area contributed by atoms with Gasteiger partial charge in [0.15, 0.2) is 11.8 Å². The quantitative estimate of drug-likeness (QED) is 0.298. The number of thiophene rings is 1. The van der Waals surface area contributed by atoms with E-state index < -0.39 is 5.60 Å². The van der Waals surface area contributed by atoms with E-state index in [-0.39, 0.29) is 36.4 Å². The first kappa shape index (κ1) is 22.8. The molecule has 0 aliphatic carbocycles. The second kappa shape index (κ2) is 10.8. The van der Waals surface area contributed by atoms with E-state index >= 15 is 0 Å². The Bertz CT molecular complexity index is 671. The van der Waals surface area contributed by atoms with Gasteiger partial charge in [0.1, 0.15) is 5.60 Å². The van der Waals surface area contributed by atoms with Crippen LogP contribution in [0.5, 0.6) is 0 Å². The minimum atomic E-state index is -0.977. The molecule has 0 aromatic carbocycles. The number of aromatic nitrogens is 2. The van der Waals surface area contributed by atoms with Crippen molar-refractivity contribution in [3.05, 3.63) is 34.1 Å². The summed E-state index contributed by atoms with van der Waals surface area (Å²) in [6, 6.07) is 3.85. The molecule has 1 unspecified atom stereocenters. The highest BCUT2D eigenvalue weighted by molar-refractivity contribution is 14.0. The molecule has 0 fully saturated rings. The second-order valence-electron chi connectivity index (χ2n) is 6.32. The van der Waals surface area contributed by atoms with E-state index in [0.29, 0.717) is 24.8 Å². The van der Waals surface area contributed by atoms with E-state index in [1.807, 2.05) is 38.3 Å². The predicted octanol–water partition coefficient (Wildman–Crippen LogP) is 2.88. The SMILES string of the molecule is CCNC(=NCC(C)(O)c1cccs1)NCCc1nc(C(C)C)no1.I. The van der Waals surface area contributed by atoms with Gasteiger partial charge in [0.05, 0.1) is 6.54 Å². The molecule has 2 aromatic heterocycles. The summed E-state index contributed by atoms with van der Waals surface area (Å²) >= 11 is 1.53. The molecule has 2 heterocycles. The molecule has 1 atom stereocenters. The van der Waals surface area contributed by atoms with Crippen molar-refractivity contribution < 1.29 is 9.63 Å². The van der Waals surface area contributed by atoms with E-state index in [0.717, 1.165) is 17.2 Å². The molecule has 0 aliphatic rings. The first-order valence-corrected chi connectivity index (χ1v) is 9.41. The minimum absolute atomic E-state index is 0. The molecule has 26 heavy (non-hydrogen) atoms. The molecule has 0 bridgehead atoms. The lowest BCUT2D eigenvalue weighted by atomic mass is 10.1. The van der Waals surface area contributed by atoms with Crippen LogP contribution < -0.4 is 10.6 Å². The van der Waals surface area contributed by atoms with E-state index in [9.17, 15) is 5.11 Å². The van der Waals surface area contributed by atoms with Crippen LogP contribution >= 0.6 is 35.3 Å². The van der Waals surface area contributed by atoms with Gasteiger partial charge >= 0.3 is 0 Å². The molecule has 0 aliphatic heterocycles. The summed E-state index contributed by atoms with van der Waals surface area (Å²) in [5.41, 5.74) is -0.977. The van der Waals surface area contributed by atoms with Crippen molar-refractivity contribution in [1.82, 2.24) is 20.8 Å². The number of aliphatic hydroxyl groups is 1. The summed E-state index contributed by atoms with van der Waals surface area (Å²) in [4.78, 5) is 9.75. The maximum absolute atomic E-state index is 10.6. The van der Waals surface area contributed by atoms with Gasteiger partial charge in [0.25, 0.3) is 0 Å². The number of nitrogens with zero attached hydrogens (tertiary/aromatic N) is 3. The highest BCUT2D eigenvalue weighted by Crippen LogP contribution is 2.25. The first-order chi connectivity index (χ1) is 11.9. The number of rotatable bonds is 8. The number of hydrogen-bond acceptors (Lipinski definition) is 6. The molecule has 0 saturated heterocycles. The lowest BCUT2D eigenvalue weighted by Gasteiger charge is -2.20. The normalized spacial score (nSPS) is 14.0. The van der Waals surface area contributed by atoms with E-state index in [2.05, 4.69) is 25.8 Å². The van der Waals surface area contributed by atoms with Crippen molar-refractivity contribution in [2.45, 2.75) is 45.6 Å². The second-order valence-corrected chi connectivity index (χ2v) is 7.27. The summed E-state index contributed by atoms with van der Waals surface area (Å²) in [5.74, 6) is 2.24. The van der Waals surface area contributed by atoms with Gasteiger partial charge in [-0.25, -0.2) is 4.99 Å². The Morgan fingerprint density at radius 2 is 2.19 bits per heavy atom. The smallest absolute Gasteiger partial charge is 0.228 e. The van der Waals surface area contributed by atoms with Gasteiger partial charge in [-0.15, -0.1) is 35.3 Å². The Labute approximate surface area is 175 Å². The third-order valence-electron chi connectivity index (χ3n) is 3.57. The fourth-order valence-electron chi connectivity index (χ4n) is 2.13. The molecule has 0 saturated carbocycles. The Morgan fingerprint density at radius 3 is 2.77 bits per heavy atom. The fourth-order valence-corrected chi connectivity index (χ4v) is 2.91. The van der Waals surface area contributed by atoms with Crippen LogP contribution in [0.2, 0.25) is 0 Å². The summed E-state index contributed by atoms with van der Waals surface area (Å²) < 4.78 is 5.23. The van der Waals surface area contributed by atoms with Gasteiger partial charge in [-0.1, -0.05) is 25.1 Å². The van der Waals surface area contributed by atoms with Gasteiger partial charge in [-0.3, -0.25) is 0 Å². The molecule has 3 N–H and O–H groups in total. The molecule has 2 rings (SSSR count). The first-order valence-electron chi connectivity index (χ1n) is 8.53. The monoisotopic (exact) mass is 493 g/mol. The van der Waals surface area contributed by atoms with Crippen LogP contribution in [-0.4, -0.2) is 40.8 Å². The minimum Gasteiger partial charge on any atom is -0.383 e. The van der Waals surface area contributed by atoms with E-state index in [1.54, 1.807) is 6.92 Å². The number of hydrogen-bond donors (Lipinski definition) is 3.